The molecule has 2 aromatic carbocycles. The van der Waals surface area contributed by atoms with E-state index in [2.05, 4.69) is 4.98 Å². The van der Waals surface area contributed by atoms with Gasteiger partial charge in [0.15, 0.2) is 0 Å². The Kier molecular flexibility index (Phi) is 5.43. The third-order valence-corrected chi connectivity index (χ3v) is 5.59. The Morgan fingerprint density at radius 1 is 1.03 bits per heavy atom. The van der Waals surface area contributed by atoms with Crippen molar-refractivity contribution in [3.05, 3.63) is 70.8 Å². The number of para-hydroxylation sites is 1. The van der Waals surface area contributed by atoms with E-state index in [0.717, 1.165) is 12.1 Å². The van der Waals surface area contributed by atoms with Crippen LogP contribution in [0.15, 0.2) is 59.7 Å². The third kappa shape index (κ3) is 4.12. The number of amides is 1. The average Bonchev–Trinajstić information content (AvgIpc) is 2.78. The number of aromatic nitrogens is 2. The molecule has 0 radical (unpaired) electrons. The van der Waals surface area contributed by atoms with E-state index in [4.69, 9.17) is 0 Å². The average molecular weight is 430 g/mol. The van der Waals surface area contributed by atoms with Crippen LogP contribution in [0.1, 0.15) is 18.5 Å². The Hall–Kier alpha value is -3.36. The van der Waals surface area contributed by atoms with E-state index in [1.54, 1.807) is 42.2 Å². The second kappa shape index (κ2) is 8.05. The first-order valence-electron chi connectivity index (χ1n) is 9.92. The number of alkyl halides is 3. The van der Waals surface area contributed by atoms with E-state index in [-0.39, 0.29) is 11.5 Å². The number of fused-ring (bicyclic) bond motifs is 1. The first kappa shape index (κ1) is 20.9. The summed E-state index contributed by atoms with van der Waals surface area (Å²) in [7, 11) is 0. The van der Waals surface area contributed by atoms with Gasteiger partial charge >= 0.3 is 6.18 Å². The van der Waals surface area contributed by atoms with E-state index < -0.39 is 17.8 Å². The Morgan fingerprint density at radius 3 is 2.45 bits per heavy atom. The van der Waals surface area contributed by atoms with Gasteiger partial charge in [-0.25, -0.2) is 4.98 Å². The summed E-state index contributed by atoms with van der Waals surface area (Å²) in [6, 6.07) is 11.4. The smallest absolute Gasteiger partial charge is 0.368 e. The molecule has 9 heteroatoms. The first-order chi connectivity index (χ1) is 14.8. The Bertz CT molecular complexity index is 1170. The normalized spacial score (nSPS) is 15.9. The molecular weight excluding hydrogens is 409 g/mol. The zero-order chi connectivity index (χ0) is 22.2. The molecule has 1 aromatic heterocycles. The highest BCUT2D eigenvalue weighted by Gasteiger charge is 2.32. The zero-order valence-electron chi connectivity index (χ0n) is 16.8. The Balaban J connectivity index is 1.46. The van der Waals surface area contributed by atoms with Gasteiger partial charge in [0.25, 0.3) is 5.56 Å². The van der Waals surface area contributed by atoms with Crippen molar-refractivity contribution in [2.24, 2.45) is 0 Å². The molecule has 2 heterocycles. The lowest BCUT2D eigenvalue weighted by Crippen LogP contribution is -2.51. The van der Waals surface area contributed by atoms with Crippen LogP contribution in [-0.4, -0.2) is 46.5 Å². The first-order valence-corrected chi connectivity index (χ1v) is 9.92. The molecule has 31 heavy (non-hydrogen) atoms. The van der Waals surface area contributed by atoms with Crippen molar-refractivity contribution in [2.45, 2.75) is 19.1 Å². The number of carbonyl (C=O) groups excluding carboxylic acids is 1. The predicted octanol–water partition coefficient (Wildman–Crippen LogP) is 3.33. The monoisotopic (exact) mass is 430 g/mol. The summed E-state index contributed by atoms with van der Waals surface area (Å²) in [4.78, 5) is 33.5. The zero-order valence-corrected chi connectivity index (χ0v) is 16.8. The summed E-state index contributed by atoms with van der Waals surface area (Å²) in [6.07, 6.45) is -3.02. The molecule has 1 amide bonds. The molecule has 1 atom stereocenters. The van der Waals surface area contributed by atoms with E-state index in [1.807, 2.05) is 4.90 Å². The molecule has 1 saturated heterocycles. The summed E-state index contributed by atoms with van der Waals surface area (Å²) < 4.78 is 40.3. The molecule has 0 saturated carbocycles. The van der Waals surface area contributed by atoms with Crippen LogP contribution < -0.4 is 10.5 Å². The fourth-order valence-corrected chi connectivity index (χ4v) is 3.81. The Labute approximate surface area is 176 Å². The molecule has 1 fully saturated rings. The van der Waals surface area contributed by atoms with Gasteiger partial charge in [0, 0.05) is 31.9 Å². The van der Waals surface area contributed by atoms with Crippen molar-refractivity contribution in [2.75, 3.05) is 31.1 Å². The van der Waals surface area contributed by atoms with Crippen molar-refractivity contribution in [3.63, 3.8) is 0 Å². The number of piperazine rings is 1. The molecule has 3 aromatic rings. The maximum absolute atomic E-state index is 13.0. The second-order valence-corrected chi connectivity index (χ2v) is 7.51. The summed E-state index contributed by atoms with van der Waals surface area (Å²) in [5, 5.41) is 0.444. The van der Waals surface area contributed by atoms with Gasteiger partial charge in [-0.2, -0.15) is 13.2 Å². The summed E-state index contributed by atoms with van der Waals surface area (Å²) in [6.45, 7) is 3.18. The number of rotatable bonds is 3. The highest BCUT2D eigenvalue weighted by Crippen LogP contribution is 2.32. The standard InChI is InChI=1S/C22H21F3N4O2/c1-15(29-14-26-19-8-3-2-7-18(19)21(29)31)20(30)28-11-9-27(10-12-28)17-6-4-5-16(13-17)22(23,24)25/h2-8,13-15H,9-12H2,1H3/t15-/m0/s1. The number of benzene rings is 2. The van der Waals surface area contributed by atoms with Gasteiger partial charge < -0.3 is 9.80 Å². The SMILES string of the molecule is C[C@@H](C(=O)N1CCN(c2cccc(C(F)(F)F)c2)CC1)n1cnc2ccccc2c1=O. The van der Waals surface area contributed by atoms with Crippen molar-refractivity contribution < 1.29 is 18.0 Å². The number of halogens is 3. The number of nitrogens with zero attached hydrogens (tertiary/aromatic N) is 4. The van der Waals surface area contributed by atoms with Crippen LogP contribution in [-0.2, 0) is 11.0 Å². The quantitative estimate of drug-likeness (QED) is 0.640. The molecular formula is C22H21F3N4O2. The van der Waals surface area contributed by atoms with E-state index in [0.29, 0.717) is 42.8 Å². The van der Waals surface area contributed by atoms with Gasteiger partial charge in [-0.15, -0.1) is 0 Å². The fraction of sp³-hybridized carbons (Fsp3) is 0.318. The van der Waals surface area contributed by atoms with Crippen LogP contribution in [0.2, 0.25) is 0 Å². The molecule has 0 spiro atoms. The van der Waals surface area contributed by atoms with Gasteiger partial charge in [-0.3, -0.25) is 14.2 Å². The maximum Gasteiger partial charge on any atom is 0.416 e. The van der Waals surface area contributed by atoms with Crippen LogP contribution >= 0.6 is 0 Å². The lowest BCUT2D eigenvalue weighted by molar-refractivity contribution is -0.137. The molecule has 1 aliphatic heterocycles. The van der Waals surface area contributed by atoms with Crippen LogP contribution in [0.3, 0.4) is 0 Å². The molecule has 6 nitrogen and oxygen atoms in total. The van der Waals surface area contributed by atoms with Crippen LogP contribution in [0, 0.1) is 0 Å². The largest absolute Gasteiger partial charge is 0.416 e. The van der Waals surface area contributed by atoms with Gasteiger partial charge in [0.1, 0.15) is 6.04 Å². The molecule has 162 valence electrons. The lowest BCUT2D eigenvalue weighted by atomic mass is 10.1. The van der Waals surface area contributed by atoms with Crippen LogP contribution in [0.25, 0.3) is 10.9 Å². The van der Waals surface area contributed by atoms with Crippen molar-refractivity contribution >= 4 is 22.5 Å². The molecule has 0 aliphatic carbocycles. The van der Waals surface area contributed by atoms with E-state index in [9.17, 15) is 22.8 Å². The number of carbonyl (C=O) groups is 1. The third-order valence-electron chi connectivity index (χ3n) is 5.59. The van der Waals surface area contributed by atoms with Gasteiger partial charge in [-0.05, 0) is 37.3 Å². The number of hydrogen-bond donors (Lipinski definition) is 0. The minimum absolute atomic E-state index is 0.220. The summed E-state index contributed by atoms with van der Waals surface area (Å²) in [5.74, 6) is -0.220. The summed E-state index contributed by atoms with van der Waals surface area (Å²) in [5.41, 5.74) is 0.0670. The molecule has 0 unspecified atom stereocenters. The molecule has 4 rings (SSSR count). The molecule has 1 aliphatic rings. The predicted molar refractivity (Wildman–Crippen MR) is 111 cm³/mol. The topological polar surface area (TPSA) is 58.4 Å². The fourth-order valence-electron chi connectivity index (χ4n) is 3.81. The minimum atomic E-state index is -4.40. The Morgan fingerprint density at radius 2 is 1.74 bits per heavy atom. The number of hydrogen-bond acceptors (Lipinski definition) is 4. The molecule has 0 N–H and O–H groups in total. The highest BCUT2D eigenvalue weighted by molar-refractivity contribution is 5.82. The van der Waals surface area contributed by atoms with Crippen molar-refractivity contribution in [1.82, 2.24) is 14.5 Å². The molecule has 0 bridgehead atoms. The van der Waals surface area contributed by atoms with E-state index >= 15 is 0 Å². The maximum atomic E-state index is 13.0. The lowest BCUT2D eigenvalue weighted by Gasteiger charge is -2.37. The van der Waals surface area contributed by atoms with Gasteiger partial charge in [-0.1, -0.05) is 18.2 Å². The van der Waals surface area contributed by atoms with Crippen LogP contribution in [0.4, 0.5) is 18.9 Å². The van der Waals surface area contributed by atoms with Crippen molar-refractivity contribution in [3.8, 4) is 0 Å². The highest BCUT2D eigenvalue weighted by atomic mass is 19.4. The minimum Gasteiger partial charge on any atom is -0.368 e. The van der Waals surface area contributed by atoms with Gasteiger partial charge in [0.2, 0.25) is 5.91 Å². The number of anilines is 1. The van der Waals surface area contributed by atoms with Crippen molar-refractivity contribution in [1.29, 1.82) is 0 Å². The second-order valence-electron chi connectivity index (χ2n) is 7.51. The summed E-state index contributed by atoms with van der Waals surface area (Å²) >= 11 is 0. The van der Waals surface area contributed by atoms with E-state index in [1.165, 1.54) is 17.0 Å². The van der Waals surface area contributed by atoms with Gasteiger partial charge in [0.05, 0.1) is 22.8 Å². The van der Waals surface area contributed by atoms with Crippen LogP contribution in [0.5, 0.6) is 0 Å².